The number of nitrogens with zero attached hydrogens (tertiary/aromatic N) is 3. The average molecular weight is 441 g/mol. The van der Waals surface area contributed by atoms with Gasteiger partial charge in [-0.05, 0) is 38.7 Å². The predicted molar refractivity (Wildman–Crippen MR) is 128 cm³/mol. The van der Waals surface area contributed by atoms with Gasteiger partial charge in [0.1, 0.15) is 18.1 Å². The maximum atomic E-state index is 9.93. The predicted octanol–water partition coefficient (Wildman–Crippen LogP) is 4.21. The van der Waals surface area contributed by atoms with Crippen LogP contribution in [0.1, 0.15) is 39.5 Å². The van der Waals surface area contributed by atoms with Crippen molar-refractivity contribution in [2.24, 2.45) is 4.99 Å². The fraction of sp³-hybridized carbons (Fsp3) is 0.810. The highest BCUT2D eigenvalue weighted by Crippen LogP contribution is 2.32. The van der Waals surface area contributed by atoms with E-state index in [2.05, 4.69) is 38.0 Å². The molecular formula is C21H40N4O2SSi. The van der Waals surface area contributed by atoms with Crippen molar-refractivity contribution in [1.82, 2.24) is 9.80 Å². The molecule has 2 aliphatic rings. The van der Waals surface area contributed by atoms with Gasteiger partial charge in [0.05, 0.1) is 6.10 Å². The van der Waals surface area contributed by atoms with E-state index in [0.29, 0.717) is 18.6 Å². The van der Waals surface area contributed by atoms with E-state index in [0.717, 1.165) is 55.8 Å². The molecule has 3 unspecified atom stereocenters. The van der Waals surface area contributed by atoms with Gasteiger partial charge in [-0.25, -0.2) is 4.99 Å². The van der Waals surface area contributed by atoms with Crippen LogP contribution in [0.15, 0.2) is 17.8 Å². The minimum absolute atomic E-state index is 0.188. The van der Waals surface area contributed by atoms with E-state index in [1.807, 2.05) is 6.92 Å². The second-order valence-corrected chi connectivity index (χ2v) is 16.2. The Morgan fingerprint density at radius 3 is 2.76 bits per heavy atom. The van der Waals surface area contributed by atoms with Crippen LogP contribution < -0.4 is 0 Å². The first-order chi connectivity index (χ1) is 13.6. The zero-order chi connectivity index (χ0) is 21.7. The molecule has 2 fully saturated rings. The summed E-state index contributed by atoms with van der Waals surface area (Å²) in [6, 6.07) is 1.48. The molecule has 1 aliphatic carbocycles. The Hall–Kier alpha value is -0.833. The molecule has 1 saturated heterocycles. The molecule has 0 aromatic carbocycles. The van der Waals surface area contributed by atoms with Crippen LogP contribution in [-0.2, 0) is 4.74 Å². The third kappa shape index (κ3) is 6.84. The van der Waals surface area contributed by atoms with E-state index < -0.39 is 13.6 Å². The highest BCUT2D eigenvalue weighted by molar-refractivity contribution is 8.14. The summed E-state index contributed by atoms with van der Waals surface area (Å²) >= 11 is 1.77. The van der Waals surface area contributed by atoms with Crippen LogP contribution in [0.2, 0.25) is 25.7 Å². The Labute approximate surface area is 182 Å². The van der Waals surface area contributed by atoms with Crippen molar-refractivity contribution in [3.63, 3.8) is 0 Å². The quantitative estimate of drug-likeness (QED) is 0.175. The van der Waals surface area contributed by atoms with Crippen molar-refractivity contribution >= 4 is 30.8 Å². The molecule has 1 heterocycles. The highest BCUT2D eigenvalue weighted by Gasteiger charge is 2.37. The van der Waals surface area contributed by atoms with Gasteiger partial charge in [-0.1, -0.05) is 44.9 Å². The Bertz CT molecular complexity index is 610. The molecule has 0 aromatic rings. The van der Waals surface area contributed by atoms with Crippen molar-refractivity contribution in [2.75, 3.05) is 25.6 Å². The van der Waals surface area contributed by atoms with Gasteiger partial charge in [-0.15, -0.1) is 0 Å². The van der Waals surface area contributed by atoms with Crippen LogP contribution >= 0.6 is 11.8 Å². The molecule has 0 radical (unpaired) electrons. The first kappa shape index (κ1) is 24.4. The zero-order valence-corrected chi connectivity index (χ0v) is 20.7. The fourth-order valence-corrected chi connectivity index (χ4v) is 5.54. The standard InChI is InChI=1S/C21H40N4O2SSi/c1-7-21(3,19(22)24(8-2)16-27-12-14-29(4,5)6)23-20-25(11-13-28-20)17-9-10-18(26)15-17/h8,17-18,22,26H,2,7,9-16H2,1,3-6H3. The van der Waals surface area contributed by atoms with E-state index in [1.54, 1.807) is 22.9 Å². The number of thioether (sulfide) groups is 1. The largest absolute Gasteiger partial charge is 0.393 e. The normalized spacial score (nSPS) is 26.0. The molecular weight excluding hydrogens is 400 g/mol. The summed E-state index contributed by atoms with van der Waals surface area (Å²) < 4.78 is 5.86. The van der Waals surface area contributed by atoms with Crippen LogP contribution in [0.3, 0.4) is 0 Å². The molecule has 0 spiro atoms. The number of hydrogen-bond donors (Lipinski definition) is 2. The molecule has 2 rings (SSSR count). The molecule has 0 bridgehead atoms. The topological polar surface area (TPSA) is 72.2 Å². The van der Waals surface area contributed by atoms with Gasteiger partial charge >= 0.3 is 0 Å². The third-order valence-corrected chi connectivity index (χ3v) is 8.58. The van der Waals surface area contributed by atoms with Crippen molar-refractivity contribution in [3.8, 4) is 0 Å². The van der Waals surface area contributed by atoms with Crippen molar-refractivity contribution in [1.29, 1.82) is 5.41 Å². The van der Waals surface area contributed by atoms with E-state index >= 15 is 0 Å². The Kier molecular flexibility index (Phi) is 8.82. The number of rotatable bonds is 10. The van der Waals surface area contributed by atoms with Crippen LogP contribution in [0.4, 0.5) is 0 Å². The minimum atomic E-state index is -1.13. The lowest BCUT2D eigenvalue weighted by Crippen LogP contribution is -2.45. The number of aliphatic imine (C=N–C) groups is 1. The molecule has 1 saturated carbocycles. The maximum absolute atomic E-state index is 9.93. The zero-order valence-electron chi connectivity index (χ0n) is 18.9. The van der Waals surface area contributed by atoms with E-state index in [4.69, 9.17) is 15.1 Å². The maximum Gasteiger partial charge on any atom is 0.160 e. The smallest absolute Gasteiger partial charge is 0.160 e. The third-order valence-electron chi connectivity index (χ3n) is 5.90. The van der Waals surface area contributed by atoms with Gasteiger partial charge in [0.25, 0.3) is 0 Å². The van der Waals surface area contributed by atoms with E-state index in [1.165, 1.54) is 0 Å². The van der Waals surface area contributed by atoms with E-state index in [-0.39, 0.29) is 6.10 Å². The fourth-order valence-electron chi connectivity index (χ4n) is 3.64. The number of aliphatic hydroxyl groups is 1. The number of aliphatic hydroxyl groups excluding tert-OH is 1. The van der Waals surface area contributed by atoms with Gasteiger partial charge in [0.15, 0.2) is 5.17 Å². The second-order valence-electron chi connectivity index (χ2n) is 9.53. The minimum Gasteiger partial charge on any atom is -0.393 e. The molecule has 0 aromatic heterocycles. The van der Waals surface area contributed by atoms with Gasteiger partial charge < -0.3 is 19.6 Å². The van der Waals surface area contributed by atoms with Crippen molar-refractivity contribution in [2.45, 2.75) is 82.9 Å². The summed E-state index contributed by atoms with van der Waals surface area (Å²) in [5.74, 6) is 1.44. The Morgan fingerprint density at radius 2 is 2.21 bits per heavy atom. The summed E-state index contributed by atoms with van der Waals surface area (Å²) in [4.78, 5) is 9.21. The van der Waals surface area contributed by atoms with E-state index in [9.17, 15) is 5.11 Å². The van der Waals surface area contributed by atoms with Gasteiger partial charge in [0.2, 0.25) is 0 Å². The van der Waals surface area contributed by atoms with Gasteiger partial charge in [-0.2, -0.15) is 0 Å². The average Bonchev–Trinajstić information content (AvgIpc) is 3.28. The number of ether oxygens (including phenoxy) is 1. The second kappa shape index (κ2) is 10.5. The first-order valence-electron chi connectivity index (χ1n) is 10.8. The lowest BCUT2D eigenvalue weighted by Gasteiger charge is -2.34. The monoisotopic (exact) mass is 440 g/mol. The highest BCUT2D eigenvalue weighted by atomic mass is 32.2. The van der Waals surface area contributed by atoms with Gasteiger partial charge in [-0.3, -0.25) is 5.41 Å². The molecule has 3 atom stereocenters. The SMILES string of the molecule is C=CN(COCC[Si](C)(C)C)C(=N)C(C)(CC)N=C1SCCN1C1CCC(O)C1. The molecule has 8 heteroatoms. The van der Waals surface area contributed by atoms with Gasteiger partial charge in [0, 0.05) is 39.2 Å². The van der Waals surface area contributed by atoms with Crippen LogP contribution in [-0.4, -0.2) is 77.3 Å². The van der Waals surface area contributed by atoms with Crippen molar-refractivity contribution in [3.05, 3.63) is 12.8 Å². The molecule has 29 heavy (non-hydrogen) atoms. The Balaban J connectivity index is 2.06. The Morgan fingerprint density at radius 1 is 1.48 bits per heavy atom. The lowest BCUT2D eigenvalue weighted by molar-refractivity contribution is 0.0902. The van der Waals surface area contributed by atoms with Crippen LogP contribution in [0, 0.1) is 5.41 Å². The molecule has 2 N–H and O–H groups in total. The summed E-state index contributed by atoms with van der Waals surface area (Å²) in [7, 11) is -1.13. The molecule has 0 amide bonds. The number of hydrogen-bond acceptors (Lipinski definition) is 5. The summed E-state index contributed by atoms with van der Waals surface area (Å²) in [6.07, 6.45) is 4.94. The molecule has 166 valence electrons. The summed E-state index contributed by atoms with van der Waals surface area (Å²) in [6.45, 7) is 17.0. The first-order valence-corrected chi connectivity index (χ1v) is 15.5. The summed E-state index contributed by atoms with van der Waals surface area (Å²) in [5, 5.41) is 19.8. The molecule has 6 nitrogen and oxygen atoms in total. The van der Waals surface area contributed by atoms with Crippen molar-refractivity contribution < 1.29 is 9.84 Å². The number of nitrogens with one attached hydrogen (secondary N) is 1. The molecule has 1 aliphatic heterocycles. The van der Waals surface area contributed by atoms with Crippen LogP contribution in [0.5, 0.6) is 0 Å². The van der Waals surface area contributed by atoms with Crippen LogP contribution in [0.25, 0.3) is 0 Å². The summed E-state index contributed by atoms with van der Waals surface area (Å²) in [5.41, 5.74) is -0.627. The number of amidine groups is 2. The lowest BCUT2D eigenvalue weighted by atomic mass is 9.97.